The number of carbonyl (C=O) groups excluding carboxylic acids is 1. The molecule has 1 aromatic heterocycles. The maximum absolute atomic E-state index is 13.6. The van der Waals surface area contributed by atoms with Crippen LogP contribution >= 0.6 is 11.6 Å². The van der Waals surface area contributed by atoms with Crippen LogP contribution < -0.4 is 4.74 Å². The van der Waals surface area contributed by atoms with Crippen LogP contribution in [0.25, 0.3) is 11.4 Å². The van der Waals surface area contributed by atoms with Crippen molar-refractivity contribution in [2.45, 2.75) is 13.0 Å². The number of ether oxygens (including phenoxy) is 2. The van der Waals surface area contributed by atoms with Gasteiger partial charge in [0.25, 0.3) is 5.89 Å². The number of benzene rings is 2. The first-order valence-electron chi connectivity index (χ1n) is 7.61. The number of carbonyl (C=O) groups is 1. The van der Waals surface area contributed by atoms with E-state index in [0.717, 1.165) is 0 Å². The van der Waals surface area contributed by atoms with E-state index >= 15 is 0 Å². The largest absolute Gasteiger partial charge is 0.494 e. The monoisotopic (exact) mass is 376 g/mol. The molecule has 0 aliphatic carbocycles. The van der Waals surface area contributed by atoms with E-state index in [1.165, 1.54) is 19.2 Å². The van der Waals surface area contributed by atoms with Crippen LogP contribution in [0.4, 0.5) is 4.39 Å². The van der Waals surface area contributed by atoms with Crippen molar-refractivity contribution in [3.8, 4) is 17.1 Å². The van der Waals surface area contributed by atoms with Gasteiger partial charge in [0.15, 0.2) is 18.2 Å². The number of halogens is 2. The highest BCUT2D eigenvalue weighted by Crippen LogP contribution is 2.20. The highest BCUT2D eigenvalue weighted by atomic mass is 35.5. The Morgan fingerprint density at radius 2 is 2.12 bits per heavy atom. The Bertz CT molecular complexity index is 929. The fourth-order valence-corrected chi connectivity index (χ4v) is 2.43. The van der Waals surface area contributed by atoms with Gasteiger partial charge in [0.05, 0.1) is 13.5 Å². The van der Waals surface area contributed by atoms with Gasteiger partial charge < -0.3 is 14.0 Å². The third-order valence-electron chi connectivity index (χ3n) is 3.47. The molecule has 0 radical (unpaired) electrons. The molecule has 0 amide bonds. The number of methoxy groups -OCH3 is 1. The van der Waals surface area contributed by atoms with E-state index in [1.54, 1.807) is 30.3 Å². The molecule has 3 aromatic rings. The van der Waals surface area contributed by atoms with Crippen LogP contribution in [0.1, 0.15) is 11.5 Å². The van der Waals surface area contributed by atoms with Gasteiger partial charge in [-0.3, -0.25) is 4.79 Å². The fourth-order valence-electron chi connectivity index (χ4n) is 2.24. The van der Waals surface area contributed by atoms with Gasteiger partial charge in [-0.25, -0.2) is 4.39 Å². The molecule has 2 aromatic carbocycles. The lowest BCUT2D eigenvalue weighted by molar-refractivity contribution is -0.144. The molecule has 1 heterocycles. The van der Waals surface area contributed by atoms with Gasteiger partial charge in [0.1, 0.15) is 0 Å². The number of aromatic nitrogens is 2. The van der Waals surface area contributed by atoms with E-state index in [9.17, 15) is 9.18 Å². The third-order valence-corrected chi connectivity index (χ3v) is 3.71. The van der Waals surface area contributed by atoms with Gasteiger partial charge >= 0.3 is 5.97 Å². The van der Waals surface area contributed by atoms with Crippen LogP contribution in [0, 0.1) is 5.82 Å². The molecule has 0 unspecified atom stereocenters. The SMILES string of the molecule is COc1ccc(CC(=O)OCc2nc(-c3cccc(Cl)c3)no2)cc1F. The van der Waals surface area contributed by atoms with Crippen LogP contribution in [-0.4, -0.2) is 23.2 Å². The summed E-state index contributed by atoms with van der Waals surface area (Å²) in [6, 6.07) is 11.2. The lowest BCUT2D eigenvalue weighted by atomic mass is 10.1. The highest BCUT2D eigenvalue weighted by Gasteiger charge is 2.13. The van der Waals surface area contributed by atoms with Crippen LogP contribution in [0.5, 0.6) is 5.75 Å². The summed E-state index contributed by atoms with van der Waals surface area (Å²) in [6.07, 6.45) is -0.0871. The summed E-state index contributed by atoms with van der Waals surface area (Å²) < 4.78 is 28.6. The summed E-state index contributed by atoms with van der Waals surface area (Å²) in [5.74, 6) is -0.482. The average Bonchev–Trinajstić information content (AvgIpc) is 3.09. The van der Waals surface area contributed by atoms with E-state index in [4.69, 9.17) is 25.6 Å². The van der Waals surface area contributed by atoms with Gasteiger partial charge in [-0.2, -0.15) is 4.98 Å². The molecule has 0 atom stereocenters. The molecular formula is C18H14ClFN2O4. The Morgan fingerprint density at radius 1 is 1.27 bits per heavy atom. The molecular weight excluding hydrogens is 363 g/mol. The lowest BCUT2D eigenvalue weighted by Crippen LogP contribution is -2.08. The summed E-state index contributed by atoms with van der Waals surface area (Å²) in [5, 5.41) is 4.37. The number of nitrogens with zero attached hydrogens (tertiary/aromatic N) is 2. The summed E-state index contributed by atoms with van der Waals surface area (Å²) >= 11 is 5.92. The maximum atomic E-state index is 13.6. The minimum atomic E-state index is -0.544. The van der Waals surface area contributed by atoms with Crippen molar-refractivity contribution in [1.82, 2.24) is 10.1 Å². The van der Waals surface area contributed by atoms with Crippen molar-refractivity contribution in [3.63, 3.8) is 0 Å². The lowest BCUT2D eigenvalue weighted by Gasteiger charge is -2.05. The summed E-state index contributed by atoms with van der Waals surface area (Å²) in [5.41, 5.74) is 1.16. The minimum Gasteiger partial charge on any atom is -0.494 e. The fraction of sp³-hybridized carbons (Fsp3) is 0.167. The number of hydrogen-bond acceptors (Lipinski definition) is 6. The average molecular weight is 377 g/mol. The van der Waals surface area contributed by atoms with Gasteiger partial charge in [-0.15, -0.1) is 0 Å². The van der Waals surface area contributed by atoms with E-state index in [0.29, 0.717) is 22.0 Å². The van der Waals surface area contributed by atoms with Crippen LogP contribution in [0.15, 0.2) is 47.0 Å². The molecule has 0 spiro atoms. The number of rotatable bonds is 6. The molecule has 6 nitrogen and oxygen atoms in total. The first-order chi connectivity index (χ1) is 12.5. The predicted octanol–water partition coefficient (Wildman–Crippen LogP) is 3.82. The van der Waals surface area contributed by atoms with Crippen LogP contribution in [-0.2, 0) is 22.6 Å². The second-order valence-corrected chi connectivity index (χ2v) is 5.76. The third kappa shape index (κ3) is 4.37. The molecule has 0 fully saturated rings. The van der Waals surface area contributed by atoms with Crippen LogP contribution in [0.2, 0.25) is 5.02 Å². The topological polar surface area (TPSA) is 74.5 Å². The van der Waals surface area contributed by atoms with Gasteiger partial charge in [-0.1, -0.05) is 35.0 Å². The van der Waals surface area contributed by atoms with Gasteiger partial charge in [0.2, 0.25) is 5.82 Å². The second-order valence-electron chi connectivity index (χ2n) is 5.33. The zero-order chi connectivity index (χ0) is 18.5. The van der Waals surface area contributed by atoms with Crippen molar-refractivity contribution in [1.29, 1.82) is 0 Å². The van der Waals surface area contributed by atoms with Crippen molar-refractivity contribution in [2.75, 3.05) is 7.11 Å². The van der Waals surface area contributed by atoms with Crippen molar-refractivity contribution in [2.24, 2.45) is 0 Å². The van der Waals surface area contributed by atoms with Crippen LogP contribution in [0.3, 0.4) is 0 Å². The first-order valence-corrected chi connectivity index (χ1v) is 7.99. The van der Waals surface area contributed by atoms with E-state index in [-0.39, 0.29) is 24.7 Å². The van der Waals surface area contributed by atoms with E-state index < -0.39 is 11.8 Å². The number of hydrogen-bond donors (Lipinski definition) is 0. The van der Waals surface area contributed by atoms with Crippen molar-refractivity contribution in [3.05, 3.63) is 64.8 Å². The zero-order valence-electron chi connectivity index (χ0n) is 13.7. The van der Waals surface area contributed by atoms with Crippen molar-refractivity contribution < 1.29 is 23.2 Å². The predicted molar refractivity (Wildman–Crippen MR) is 91.2 cm³/mol. The molecule has 0 saturated heterocycles. The molecule has 0 aliphatic rings. The van der Waals surface area contributed by atoms with Gasteiger partial charge in [0, 0.05) is 10.6 Å². The summed E-state index contributed by atoms with van der Waals surface area (Å²) in [7, 11) is 1.37. The Kier molecular flexibility index (Phi) is 5.48. The molecule has 26 heavy (non-hydrogen) atoms. The Morgan fingerprint density at radius 3 is 2.85 bits per heavy atom. The second kappa shape index (κ2) is 7.97. The summed E-state index contributed by atoms with van der Waals surface area (Å²) in [4.78, 5) is 16.0. The molecule has 0 N–H and O–H groups in total. The smallest absolute Gasteiger partial charge is 0.310 e. The molecule has 8 heteroatoms. The Hall–Kier alpha value is -2.93. The Labute approximate surface area is 153 Å². The summed E-state index contributed by atoms with van der Waals surface area (Å²) in [6.45, 7) is -0.176. The standard InChI is InChI=1S/C18H14ClFN2O4/c1-24-15-6-5-11(7-14(15)20)8-17(23)25-10-16-21-18(22-26-16)12-3-2-4-13(19)9-12/h2-7,9H,8,10H2,1H3. The van der Waals surface area contributed by atoms with E-state index in [2.05, 4.69) is 10.1 Å². The quantitative estimate of drug-likeness (QED) is 0.609. The van der Waals surface area contributed by atoms with Gasteiger partial charge in [-0.05, 0) is 29.8 Å². The molecule has 0 bridgehead atoms. The molecule has 134 valence electrons. The molecule has 3 rings (SSSR count). The zero-order valence-corrected chi connectivity index (χ0v) is 14.5. The highest BCUT2D eigenvalue weighted by molar-refractivity contribution is 6.30. The molecule has 0 aliphatic heterocycles. The normalized spacial score (nSPS) is 10.6. The maximum Gasteiger partial charge on any atom is 0.310 e. The Balaban J connectivity index is 1.57. The van der Waals surface area contributed by atoms with E-state index in [1.807, 2.05) is 0 Å². The minimum absolute atomic E-state index is 0.0871. The van der Waals surface area contributed by atoms with Crippen molar-refractivity contribution >= 4 is 17.6 Å². The first kappa shape index (κ1) is 17.9. The molecule has 0 saturated carbocycles. The number of esters is 1.